The van der Waals surface area contributed by atoms with Crippen LogP contribution in [0.4, 0.5) is 10.5 Å². The van der Waals surface area contributed by atoms with E-state index in [1.807, 2.05) is 59.6 Å². The summed E-state index contributed by atoms with van der Waals surface area (Å²) in [6.45, 7) is 7.04. The summed E-state index contributed by atoms with van der Waals surface area (Å²) in [5.74, 6) is 0. The molecule has 1 atom stereocenters. The molecule has 1 aliphatic heterocycles. The fourth-order valence-corrected chi connectivity index (χ4v) is 5.84. The maximum atomic E-state index is 13.4. The van der Waals surface area contributed by atoms with Crippen LogP contribution in [-0.4, -0.2) is 17.5 Å². The van der Waals surface area contributed by atoms with Gasteiger partial charge in [-0.3, -0.25) is 0 Å². The third-order valence-corrected chi connectivity index (χ3v) is 7.40. The van der Waals surface area contributed by atoms with Crippen LogP contribution in [0.2, 0.25) is 5.02 Å². The zero-order chi connectivity index (χ0) is 20.5. The monoisotopic (exact) mass is 424 g/mol. The van der Waals surface area contributed by atoms with Gasteiger partial charge in [0, 0.05) is 27.0 Å². The first-order valence-corrected chi connectivity index (χ1v) is 11.2. The number of amides is 2. The molecule has 0 saturated carbocycles. The average Bonchev–Trinajstić information content (AvgIpc) is 3.06. The van der Waals surface area contributed by atoms with Gasteiger partial charge in [-0.15, -0.1) is 11.3 Å². The second-order valence-electron chi connectivity index (χ2n) is 7.43. The molecule has 0 spiro atoms. The molecule has 150 valence electrons. The molecule has 0 unspecified atom stereocenters. The second-order valence-corrected chi connectivity index (χ2v) is 9.10. The van der Waals surface area contributed by atoms with E-state index in [0.717, 1.165) is 29.7 Å². The van der Waals surface area contributed by atoms with Gasteiger partial charge in [0.15, 0.2) is 0 Å². The number of anilines is 1. The van der Waals surface area contributed by atoms with Gasteiger partial charge in [-0.2, -0.15) is 0 Å². The Labute approximate surface area is 181 Å². The Kier molecular flexibility index (Phi) is 5.66. The van der Waals surface area contributed by atoms with Gasteiger partial charge in [-0.25, -0.2) is 4.79 Å². The number of carbonyl (C=O) groups excluding carboxylic acids is 1. The molecule has 0 saturated heterocycles. The van der Waals surface area contributed by atoms with E-state index in [1.54, 1.807) is 0 Å². The van der Waals surface area contributed by atoms with Gasteiger partial charge in [-0.05, 0) is 61.1 Å². The highest BCUT2D eigenvalue weighted by Crippen LogP contribution is 2.43. The first kappa shape index (κ1) is 20.0. The van der Waals surface area contributed by atoms with E-state index in [-0.39, 0.29) is 12.1 Å². The van der Waals surface area contributed by atoms with Crippen LogP contribution in [0.3, 0.4) is 0 Å². The lowest BCUT2D eigenvalue weighted by Gasteiger charge is -2.36. The van der Waals surface area contributed by atoms with E-state index in [0.29, 0.717) is 11.6 Å². The third kappa shape index (κ3) is 3.67. The number of rotatable bonds is 3. The van der Waals surface area contributed by atoms with E-state index in [1.165, 1.54) is 20.9 Å². The zero-order valence-electron chi connectivity index (χ0n) is 17.0. The summed E-state index contributed by atoms with van der Waals surface area (Å²) in [7, 11) is 0. The van der Waals surface area contributed by atoms with Crippen molar-refractivity contribution < 1.29 is 4.79 Å². The van der Waals surface area contributed by atoms with E-state index < -0.39 is 0 Å². The van der Waals surface area contributed by atoms with Crippen LogP contribution in [0, 0.1) is 13.8 Å². The molecular formula is C24H25ClN2OS. The predicted octanol–water partition coefficient (Wildman–Crippen LogP) is 6.76. The molecule has 29 heavy (non-hydrogen) atoms. The Balaban J connectivity index is 1.74. The van der Waals surface area contributed by atoms with E-state index >= 15 is 0 Å². The summed E-state index contributed by atoms with van der Waals surface area (Å²) >= 11 is 8.08. The number of hydrogen-bond acceptors (Lipinski definition) is 2. The lowest BCUT2D eigenvalue weighted by Crippen LogP contribution is -2.42. The zero-order valence-corrected chi connectivity index (χ0v) is 18.5. The maximum absolute atomic E-state index is 13.4. The Morgan fingerprint density at radius 3 is 2.66 bits per heavy atom. The van der Waals surface area contributed by atoms with Crippen molar-refractivity contribution in [1.82, 2.24) is 4.90 Å². The normalized spacial score (nSPS) is 15.9. The number of thiophene rings is 1. The second kappa shape index (κ2) is 8.21. The van der Waals surface area contributed by atoms with Crippen molar-refractivity contribution in [2.75, 3.05) is 11.9 Å². The number of benzene rings is 2. The highest BCUT2D eigenvalue weighted by Gasteiger charge is 2.35. The predicted molar refractivity (Wildman–Crippen MR) is 122 cm³/mol. The summed E-state index contributed by atoms with van der Waals surface area (Å²) in [4.78, 5) is 18.0. The van der Waals surface area contributed by atoms with Crippen molar-refractivity contribution in [3.63, 3.8) is 0 Å². The fourth-order valence-electron chi connectivity index (χ4n) is 4.22. The van der Waals surface area contributed by atoms with Crippen molar-refractivity contribution in [3.05, 3.63) is 85.6 Å². The van der Waals surface area contributed by atoms with Gasteiger partial charge >= 0.3 is 6.03 Å². The molecular weight excluding hydrogens is 400 g/mol. The number of urea groups is 1. The number of nitrogens with zero attached hydrogens (tertiary/aromatic N) is 1. The largest absolute Gasteiger partial charge is 0.322 e. The molecule has 0 radical (unpaired) electrons. The Bertz CT molecular complexity index is 1040. The summed E-state index contributed by atoms with van der Waals surface area (Å²) in [5, 5.41) is 3.75. The maximum Gasteiger partial charge on any atom is 0.322 e. The molecule has 2 heterocycles. The standard InChI is InChI=1S/C24H25ClN2OS/c1-4-18-16(3)29-23-19(18)13-14-27(22(23)17-9-6-5-7-10-17)24(28)26-21-12-8-11-20(25)15(21)2/h5-12,22H,4,13-14H2,1-3H3,(H,26,28)/t22-/m1/s1. The molecule has 3 aromatic rings. The molecule has 1 aliphatic rings. The number of fused-ring (bicyclic) bond motifs is 1. The minimum atomic E-state index is -0.0843. The summed E-state index contributed by atoms with van der Waals surface area (Å²) in [5.41, 5.74) is 5.69. The van der Waals surface area contributed by atoms with Crippen LogP contribution >= 0.6 is 22.9 Å². The molecule has 1 aromatic heterocycles. The van der Waals surface area contributed by atoms with Gasteiger partial charge in [-0.1, -0.05) is 54.9 Å². The van der Waals surface area contributed by atoms with Gasteiger partial charge in [0.2, 0.25) is 0 Å². The van der Waals surface area contributed by atoms with Gasteiger partial charge < -0.3 is 10.2 Å². The van der Waals surface area contributed by atoms with Crippen molar-refractivity contribution in [3.8, 4) is 0 Å². The lowest BCUT2D eigenvalue weighted by molar-refractivity contribution is 0.195. The van der Waals surface area contributed by atoms with Crippen LogP contribution < -0.4 is 5.32 Å². The number of aryl methyl sites for hydroxylation is 1. The molecule has 4 rings (SSSR count). The van der Waals surface area contributed by atoms with Crippen LogP contribution in [0.1, 0.15) is 45.0 Å². The SMILES string of the molecule is CCc1c(C)sc2c1CCN(C(=O)Nc1cccc(Cl)c1C)[C@@H]2c1ccccc1. The molecule has 0 fully saturated rings. The highest BCUT2D eigenvalue weighted by molar-refractivity contribution is 7.12. The summed E-state index contributed by atoms with van der Waals surface area (Å²) < 4.78 is 0. The smallest absolute Gasteiger partial charge is 0.312 e. The number of hydrogen-bond donors (Lipinski definition) is 1. The van der Waals surface area contributed by atoms with Crippen molar-refractivity contribution in [2.24, 2.45) is 0 Å². The molecule has 0 aliphatic carbocycles. The fraction of sp³-hybridized carbons (Fsp3) is 0.292. The Morgan fingerprint density at radius 1 is 1.17 bits per heavy atom. The van der Waals surface area contributed by atoms with E-state index in [2.05, 4.69) is 31.3 Å². The number of halogens is 1. The quantitative estimate of drug-likeness (QED) is 0.494. The highest BCUT2D eigenvalue weighted by atomic mass is 35.5. The lowest BCUT2D eigenvalue weighted by atomic mass is 9.92. The molecule has 0 bridgehead atoms. The Hall–Kier alpha value is -2.30. The van der Waals surface area contributed by atoms with E-state index in [4.69, 9.17) is 11.6 Å². The van der Waals surface area contributed by atoms with Crippen molar-refractivity contribution in [2.45, 2.75) is 39.7 Å². The van der Waals surface area contributed by atoms with Crippen molar-refractivity contribution in [1.29, 1.82) is 0 Å². The van der Waals surface area contributed by atoms with Gasteiger partial charge in [0.1, 0.15) is 0 Å². The van der Waals surface area contributed by atoms with Crippen LogP contribution in [-0.2, 0) is 12.8 Å². The molecule has 1 N–H and O–H groups in total. The van der Waals surface area contributed by atoms with Crippen LogP contribution in [0.25, 0.3) is 0 Å². The van der Waals surface area contributed by atoms with E-state index in [9.17, 15) is 4.79 Å². The minimum absolute atomic E-state index is 0.0663. The topological polar surface area (TPSA) is 32.3 Å². The summed E-state index contributed by atoms with van der Waals surface area (Å²) in [6, 6.07) is 15.8. The van der Waals surface area contributed by atoms with Crippen molar-refractivity contribution >= 4 is 34.7 Å². The molecule has 5 heteroatoms. The Morgan fingerprint density at radius 2 is 1.93 bits per heavy atom. The van der Waals surface area contributed by atoms with Gasteiger partial charge in [0.05, 0.1) is 6.04 Å². The third-order valence-electron chi connectivity index (χ3n) is 5.75. The first-order chi connectivity index (χ1) is 14.0. The molecule has 2 aromatic carbocycles. The average molecular weight is 425 g/mol. The van der Waals surface area contributed by atoms with Gasteiger partial charge in [0.25, 0.3) is 0 Å². The summed E-state index contributed by atoms with van der Waals surface area (Å²) in [6.07, 6.45) is 1.93. The minimum Gasteiger partial charge on any atom is -0.312 e. The molecule has 2 amide bonds. The van der Waals surface area contributed by atoms with Crippen LogP contribution in [0.5, 0.6) is 0 Å². The number of carbonyl (C=O) groups is 1. The molecule has 3 nitrogen and oxygen atoms in total. The first-order valence-electron chi connectivity index (χ1n) is 10.00. The number of nitrogens with one attached hydrogen (secondary N) is 1. The van der Waals surface area contributed by atoms with Crippen LogP contribution in [0.15, 0.2) is 48.5 Å².